The highest BCUT2D eigenvalue weighted by Gasteiger charge is 2.10. The highest BCUT2D eigenvalue weighted by Crippen LogP contribution is 2.14. The fourth-order valence-electron chi connectivity index (χ4n) is 2.23. The quantitative estimate of drug-likeness (QED) is 0.777. The zero-order valence-electron chi connectivity index (χ0n) is 11.3. The van der Waals surface area contributed by atoms with Gasteiger partial charge in [-0.3, -0.25) is 4.79 Å². The van der Waals surface area contributed by atoms with Crippen molar-refractivity contribution in [2.24, 2.45) is 0 Å². The van der Waals surface area contributed by atoms with Crippen molar-refractivity contribution in [2.45, 2.75) is 6.42 Å². The first-order valence-electron chi connectivity index (χ1n) is 6.54. The van der Waals surface area contributed by atoms with Gasteiger partial charge in [-0.05, 0) is 29.8 Å². The van der Waals surface area contributed by atoms with Gasteiger partial charge in [0.05, 0.1) is 16.5 Å². The molecule has 110 valence electrons. The second-order valence-electron chi connectivity index (χ2n) is 4.82. The Morgan fingerprint density at radius 2 is 2.00 bits per heavy atom. The number of H-pyrrole nitrogens is 1. The summed E-state index contributed by atoms with van der Waals surface area (Å²) in [7, 11) is 0. The van der Waals surface area contributed by atoms with E-state index in [2.05, 4.69) is 9.97 Å². The van der Waals surface area contributed by atoms with E-state index in [1.54, 1.807) is 18.2 Å². The summed E-state index contributed by atoms with van der Waals surface area (Å²) in [5.74, 6) is -1.20. The number of carbonyl (C=O) groups is 1. The van der Waals surface area contributed by atoms with Crippen molar-refractivity contribution < 1.29 is 14.3 Å². The van der Waals surface area contributed by atoms with E-state index in [0.717, 1.165) is 0 Å². The minimum Gasteiger partial charge on any atom is -0.478 e. The van der Waals surface area contributed by atoms with E-state index >= 15 is 0 Å². The van der Waals surface area contributed by atoms with Crippen LogP contribution in [0.4, 0.5) is 4.39 Å². The van der Waals surface area contributed by atoms with Crippen molar-refractivity contribution in [3.8, 4) is 0 Å². The molecule has 0 radical (unpaired) electrons. The number of halogens is 1. The normalized spacial score (nSPS) is 10.8. The molecule has 0 spiro atoms. The van der Waals surface area contributed by atoms with Crippen LogP contribution in [0.15, 0.2) is 47.3 Å². The van der Waals surface area contributed by atoms with Gasteiger partial charge in [0.25, 0.3) is 5.56 Å². The molecule has 0 aliphatic rings. The number of carboxylic acids is 1. The maximum atomic E-state index is 13.7. The monoisotopic (exact) mass is 298 g/mol. The van der Waals surface area contributed by atoms with Crippen molar-refractivity contribution in [1.82, 2.24) is 9.97 Å². The number of nitrogens with zero attached hydrogens (tertiary/aromatic N) is 1. The molecule has 2 N–H and O–H groups in total. The lowest BCUT2D eigenvalue weighted by Gasteiger charge is -2.05. The summed E-state index contributed by atoms with van der Waals surface area (Å²) in [6, 6.07) is 10.3. The molecule has 0 unspecified atom stereocenters. The number of aromatic nitrogens is 2. The zero-order chi connectivity index (χ0) is 15.7. The van der Waals surface area contributed by atoms with Gasteiger partial charge in [-0.1, -0.05) is 18.2 Å². The van der Waals surface area contributed by atoms with Crippen molar-refractivity contribution in [3.63, 3.8) is 0 Å². The molecule has 3 aromatic rings. The molecule has 1 aromatic heterocycles. The standard InChI is InChI=1S/C16H11FN2O3/c17-12-4-2-1-3-9(12)8-14-18-13-7-10(16(21)22)5-6-11(13)15(20)19-14/h1-7H,8H2,(H,21,22)(H,18,19,20). The van der Waals surface area contributed by atoms with Crippen molar-refractivity contribution in [1.29, 1.82) is 0 Å². The van der Waals surface area contributed by atoms with Gasteiger partial charge in [0.2, 0.25) is 0 Å². The zero-order valence-corrected chi connectivity index (χ0v) is 11.3. The number of hydrogen-bond acceptors (Lipinski definition) is 3. The number of hydrogen-bond donors (Lipinski definition) is 2. The maximum Gasteiger partial charge on any atom is 0.335 e. The number of rotatable bonds is 3. The molecule has 0 aliphatic carbocycles. The number of nitrogens with one attached hydrogen (secondary N) is 1. The highest BCUT2D eigenvalue weighted by atomic mass is 19.1. The molecule has 6 heteroatoms. The van der Waals surface area contributed by atoms with Crippen LogP contribution in [0.2, 0.25) is 0 Å². The fourth-order valence-corrected chi connectivity index (χ4v) is 2.23. The highest BCUT2D eigenvalue weighted by molar-refractivity contribution is 5.92. The van der Waals surface area contributed by atoms with Gasteiger partial charge in [-0.2, -0.15) is 0 Å². The summed E-state index contributed by atoms with van der Waals surface area (Å²) in [6.07, 6.45) is 0.120. The SMILES string of the molecule is O=C(O)c1ccc2c(=O)[nH]c(Cc3ccccc3F)nc2c1. The molecular weight excluding hydrogens is 287 g/mol. The fraction of sp³-hybridized carbons (Fsp3) is 0.0625. The predicted octanol–water partition coefficient (Wildman–Crippen LogP) is 2.35. The van der Waals surface area contributed by atoms with Crippen LogP contribution in [0.3, 0.4) is 0 Å². The minimum absolute atomic E-state index is 0.0439. The first kappa shape index (κ1) is 13.9. The second kappa shape index (κ2) is 5.40. The Labute approximate surface area is 124 Å². The van der Waals surface area contributed by atoms with Crippen LogP contribution in [0.25, 0.3) is 10.9 Å². The molecule has 0 atom stereocenters. The first-order valence-corrected chi connectivity index (χ1v) is 6.54. The molecule has 22 heavy (non-hydrogen) atoms. The molecular formula is C16H11FN2O3. The van der Waals surface area contributed by atoms with E-state index in [-0.39, 0.29) is 34.7 Å². The number of fused-ring (bicyclic) bond motifs is 1. The Bertz CT molecular complexity index is 934. The molecule has 0 aliphatic heterocycles. The lowest BCUT2D eigenvalue weighted by atomic mass is 10.1. The summed E-state index contributed by atoms with van der Waals surface area (Å²) >= 11 is 0. The first-order chi connectivity index (χ1) is 10.5. The van der Waals surface area contributed by atoms with Gasteiger partial charge in [0, 0.05) is 6.42 Å². The van der Waals surface area contributed by atoms with Crippen molar-refractivity contribution in [2.75, 3.05) is 0 Å². The number of benzene rings is 2. The van der Waals surface area contributed by atoms with Crippen LogP contribution < -0.4 is 5.56 Å². The molecule has 3 rings (SSSR count). The van der Waals surface area contributed by atoms with Crippen LogP contribution in [-0.4, -0.2) is 21.0 Å². The van der Waals surface area contributed by atoms with Crippen molar-refractivity contribution >= 4 is 16.9 Å². The smallest absolute Gasteiger partial charge is 0.335 e. The Morgan fingerprint density at radius 3 is 2.73 bits per heavy atom. The Kier molecular flexibility index (Phi) is 3.42. The third kappa shape index (κ3) is 2.58. The molecule has 1 heterocycles. The summed E-state index contributed by atoms with van der Waals surface area (Å²) < 4.78 is 13.7. The van der Waals surface area contributed by atoms with Crippen LogP contribution in [-0.2, 0) is 6.42 Å². The molecule has 2 aromatic carbocycles. The lowest BCUT2D eigenvalue weighted by Crippen LogP contribution is -2.13. The van der Waals surface area contributed by atoms with E-state index in [4.69, 9.17) is 5.11 Å². The average molecular weight is 298 g/mol. The maximum absolute atomic E-state index is 13.7. The largest absolute Gasteiger partial charge is 0.478 e. The second-order valence-corrected chi connectivity index (χ2v) is 4.82. The third-order valence-electron chi connectivity index (χ3n) is 3.32. The molecule has 5 nitrogen and oxygen atoms in total. The van der Waals surface area contributed by atoms with Gasteiger partial charge in [0.1, 0.15) is 11.6 Å². The van der Waals surface area contributed by atoms with E-state index in [1.165, 1.54) is 24.3 Å². The third-order valence-corrected chi connectivity index (χ3v) is 3.32. The van der Waals surface area contributed by atoms with E-state index in [9.17, 15) is 14.0 Å². The Morgan fingerprint density at radius 1 is 1.23 bits per heavy atom. The molecule has 0 bridgehead atoms. The van der Waals surface area contributed by atoms with Gasteiger partial charge < -0.3 is 10.1 Å². The molecule has 0 saturated carbocycles. The molecule has 0 amide bonds. The summed E-state index contributed by atoms with van der Waals surface area (Å²) in [4.78, 5) is 29.8. The number of carboxylic acid groups (broad SMARTS) is 1. The van der Waals surface area contributed by atoms with E-state index in [0.29, 0.717) is 10.9 Å². The van der Waals surface area contributed by atoms with Crippen LogP contribution >= 0.6 is 0 Å². The molecule has 0 saturated heterocycles. The van der Waals surface area contributed by atoms with Gasteiger partial charge in [-0.25, -0.2) is 14.2 Å². The predicted molar refractivity (Wildman–Crippen MR) is 78.5 cm³/mol. The Balaban J connectivity index is 2.09. The topological polar surface area (TPSA) is 83.0 Å². The van der Waals surface area contributed by atoms with Crippen molar-refractivity contribution in [3.05, 3.63) is 75.6 Å². The average Bonchev–Trinajstić information content (AvgIpc) is 2.49. The van der Waals surface area contributed by atoms with Gasteiger partial charge in [0.15, 0.2) is 0 Å². The van der Waals surface area contributed by atoms with Gasteiger partial charge in [-0.15, -0.1) is 0 Å². The van der Waals surface area contributed by atoms with Crippen LogP contribution in [0, 0.1) is 5.82 Å². The van der Waals surface area contributed by atoms with Crippen LogP contribution in [0.1, 0.15) is 21.7 Å². The minimum atomic E-state index is -1.10. The van der Waals surface area contributed by atoms with E-state index < -0.39 is 5.97 Å². The number of aromatic carboxylic acids is 1. The lowest BCUT2D eigenvalue weighted by molar-refractivity contribution is 0.0697. The summed E-state index contributed by atoms with van der Waals surface area (Å²) in [5.41, 5.74) is 0.338. The number of aromatic amines is 1. The summed E-state index contributed by atoms with van der Waals surface area (Å²) in [6.45, 7) is 0. The summed E-state index contributed by atoms with van der Waals surface area (Å²) in [5, 5.41) is 9.28. The Hall–Kier alpha value is -3.02. The van der Waals surface area contributed by atoms with Crippen LogP contribution in [0.5, 0.6) is 0 Å². The van der Waals surface area contributed by atoms with E-state index in [1.807, 2.05) is 0 Å². The van der Waals surface area contributed by atoms with Gasteiger partial charge >= 0.3 is 5.97 Å². The molecule has 0 fully saturated rings.